The number of carbonyl (C=O) groups excluding carboxylic acids is 1. The van der Waals surface area contributed by atoms with Crippen molar-refractivity contribution in [3.63, 3.8) is 0 Å². The average Bonchev–Trinajstić information content (AvgIpc) is 3.31. The molecule has 0 amide bonds. The first kappa shape index (κ1) is 24.2. The van der Waals surface area contributed by atoms with Crippen molar-refractivity contribution in [1.29, 1.82) is 0 Å². The normalized spacial score (nSPS) is 19.6. The molecule has 0 radical (unpaired) electrons. The molecule has 2 aliphatic heterocycles. The minimum Gasteiger partial charge on any atom is -0.454 e. The van der Waals surface area contributed by atoms with Crippen LogP contribution in [0.15, 0.2) is 71.6 Å². The summed E-state index contributed by atoms with van der Waals surface area (Å²) >= 11 is 0. The lowest BCUT2D eigenvalue weighted by Crippen LogP contribution is -2.22. The van der Waals surface area contributed by atoms with Crippen molar-refractivity contribution in [3.05, 3.63) is 77.9 Å². The molecule has 3 aliphatic rings. The number of hydrogen-bond donors (Lipinski definition) is 0. The lowest BCUT2D eigenvalue weighted by Gasteiger charge is -2.16. The molecule has 0 spiro atoms. The molecular weight excluding hydrogens is 488 g/mol. The van der Waals surface area contributed by atoms with Gasteiger partial charge in [-0.15, -0.1) is 0 Å². The highest BCUT2D eigenvalue weighted by Crippen LogP contribution is 2.51. The third kappa shape index (κ3) is 4.90. The van der Waals surface area contributed by atoms with Crippen molar-refractivity contribution < 1.29 is 28.8 Å². The van der Waals surface area contributed by atoms with E-state index in [1.807, 2.05) is 54.6 Å². The zero-order valence-electron chi connectivity index (χ0n) is 20.6. The number of sulfone groups is 1. The van der Waals surface area contributed by atoms with E-state index >= 15 is 0 Å². The number of fused-ring (bicyclic) bond motifs is 1. The Morgan fingerprint density at radius 2 is 1.76 bits per heavy atom. The molecule has 6 rings (SSSR count). The monoisotopic (exact) mass is 520 g/mol. The lowest BCUT2D eigenvalue weighted by atomic mass is 9.87. The second-order valence-electron chi connectivity index (χ2n) is 10.2. The Balaban J connectivity index is 0.00000294. The summed E-state index contributed by atoms with van der Waals surface area (Å²) in [5, 5.41) is 0. The molecule has 2 heterocycles. The van der Waals surface area contributed by atoms with Crippen LogP contribution in [-0.4, -0.2) is 39.5 Å². The fourth-order valence-corrected chi connectivity index (χ4v) is 6.75. The molecular formula is C30H32O6S. The Hall–Kier alpha value is -3.16. The summed E-state index contributed by atoms with van der Waals surface area (Å²) in [5.41, 5.74) is 3.37. The first-order chi connectivity index (χ1) is 17.9. The maximum absolute atomic E-state index is 13.4. The van der Waals surface area contributed by atoms with Gasteiger partial charge in [-0.05, 0) is 78.6 Å². The highest BCUT2D eigenvalue weighted by molar-refractivity contribution is 7.91. The summed E-state index contributed by atoms with van der Waals surface area (Å²) in [6.45, 7) is 0.943. The van der Waals surface area contributed by atoms with Crippen molar-refractivity contribution >= 4 is 15.6 Å². The summed E-state index contributed by atoms with van der Waals surface area (Å²) in [7, 11) is -3.35. The van der Waals surface area contributed by atoms with Crippen LogP contribution in [0.25, 0.3) is 11.1 Å². The van der Waals surface area contributed by atoms with Crippen molar-refractivity contribution in [1.82, 2.24) is 0 Å². The minimum atomic E-state index is -3.35. The molecule has 0 N–H and O–H groups in total. The molecule has 3 aromatic rings. The highest BCUT2D eigenvalue weighted by Gasteiger charge is 2.50. The van der Waals surface area contributed by atoms with Gasteiger partial charge in [0.2, 0.25) is 6.79 Å². The van der Waals surface area contributed by atoms with Crippen LogP contribution in [0, 0.1) is 0 Å². The molecule has 2 fully saturated rings. The number of rotatable bonds is 9. The minimum absolute atomic E-state index is 0. The van der Waals surface area contributed by atoms with Gasteiger partial charge in [0, 0.05) is 14.5 Å². The summed E-state index contributed by atoms with van der Waals surface area (Å²) in [6.07, 6.45) is 4.56. The van der Waals surface area contributed by atoms with E-state index in [0.29, 0.717) is 23.5 Å². The highest BCUT2D eigenvalue weighted by atomic mass is 32.2. The van der Waals surface area contributed by atoms with E-state index in [1.165, 1.54) is 0 Å². The van der Waals surface area contributed by atoms with Crippen LogP contribution in [-0.2, 0) is 31.2 Å². The number of carbonyl (C=O) groups is 1. The molecule has 194 valence electrons. The second kappa shape index (κ2) is 9.62. The first-order valence-corrected chi connectivity index (χ1v) is 14.6. The van der Waals surface area contributed by atoms with E-state index < -0.39 is 15.3 Å². The number of Topliss-reactive ketones (excluding diaryl/α,β-unsaturated/α-hetero) is 1. The van der Waals surface area contributed by atoms with Crippen LogP contribution in [0.2, 0.25) is 0 Å². The van der Waals surface area contributed by atoms with Gasteiger partial charge in [-0.3, -0.25) is 4.79 Å². The van der Waals surface area contributed by atoms with Crippen LogP contribution in [0.5, 0.6) is 11.5 Å². The predicted octanol–water partition coefficient (Wildman–Crippen LogP) is 5.51. The van der Waals surface area contributed by atoms with E-state index in [-0.39, 0.29) is 25.9 Å². The maximum atomic E-state index is 13.4. The molecule has 1 saturated carbocycles. The number of benzene rings is 3. The van der Waals surface area contributed by atoms with E-state index in [1.54, 1.807) is 12.1 Å². The van der Waals surface area contributed by atoms with Crippen molar-refractivity contribution in [2.45, 2.75) is 54.9 Å². The first-order valence-electron chi connectivity index (χ1n) is 12.9. The molecule has 0 unspecified atom stereocenters. The van der Waals surface area contributed by atoms with Crippen LogP contribution in [0.4, 0.5) is 0 Å². The summed E-state index contributed by atoms with van der Waals surface area (Å²) in [5.74, 6) is 1.73. The van der Waals surface area contributed by atoms with Crippen LogP contribution >= 0.6 is 0 Å². The number of hydrogen-bond acceptors (Lipinski definition) is 6. The van der Waals surface area contributed by atoms with Crippen LogP contribution in [0.3, 0.4) is 0 Å². The van der Waals surface area contributed by atoms with Gasteiger partial charge in [0.1, 0.15) is 5.78 Å². The molecule has 0 bridgehead atoms. The van der Waals surface area contributed by atoms with E-state index in [4.69, 9.17) is 14.2 Å². The average molecular weight is 521 g/mol. The van der Waals surface area contributed by atoms with Gasteiger partial charge in [-0.2, -0.15) is 0 Å². The van der Waals surface area contributed by atoms with Gasteiger partial charge < -0.3 is 14.2 Å². The van der Waals surface area contributed by atoms with E-state index in [2.05, 4.69) is 0 Å². The molecule has 0 aromatic heterocycles. The predicted molar refractivity (Wildman–Crippen MR) is 142 cm³/mol. The van der Waals surface area contributed by atoms with Crippen LogP contribution in [0.1, 0.15) is 44.7 Å². The lowest BCUT2D eigenvalue weighted by molar-refractivity contribution is -0.120. The maximum Gasteiger partial charge on any atom is 0.231 e. The largest absolute Gasteiger partial charge is 0.454 e. The van der Waals surface area contributed by atoms with Gasteiger partial charge in [-0.1, -0.05) is 42.5 Å². The standard InChI is InChI=1S/C30H30O6S.H2/c31-29(30(13-14-30)24-8-11-27-28(19-24)36-20-35-27)18-21-3-1-4-23(17-21)22-6-9-26(10-7-22)37(32,33)16-12-25-5-2-15-34-25;/h1,3-4,6-11,17,19,25H,2,5,12-16,18,20H2;1H/t25-;/m1./s1. The SMILES string of the molecule is O=C(Cc1cccc(-c2ccc(S(=O)(=O)CC[C@H]3CCCO3)cc2)c1)C1(c2ccc3c(c2)OCO3)CC1.[HH]. The van der Waals surface area contributed by atoms with Gasteiger partial charge >= 0.3 is 0 Å². The molecule has 7 heteroatoms. The van der Waals surface area contributed by atoms with E-state index in [9.17, 15) is 13.2 Å². The summed E-state index contributed by atoms with van der Waals surface area (Å²) < 4.78 is 42.1. The Morgan fingerprint density at radius 1 is 0.946 bits per heavy atom. The third-order valence-electron chi connectivity index (χ3n) is 7.78. The van der Waals surface area contributed by atoms with Gasteiger partial charge in [0.25, 0.3) is 0 Å². The second-order valence-corrected chi connectivity index (χ2v) is 12.3. The number of ether oxygens (including phenoxy) is 3. The fraction of sp³-hybridized carbons (Fsp3) is 0.367. The van der Waals surface area contributed by atoms with Crippen LogP contribution < -0.4 is 9.47 Å². The molecule has 1 saturated heterocycles. The van der Waals surface area contributed by atoms with Crippen molar-refractivity contribution in [2.24, 2.45) is 0 Å². The van der Waals surface area contributed by atoms with Gasteiger partial charge in [-0.25, -0.2) is 8.42 Å². The summed E-state index contributed by atoms with van der Waals surface area (Å²) in [6, 6.07) is 20.8. The zero-order valence-corrected chi connectivity index (χ0v) is 21.5. The Bertz CT molecular complexity index is 1420. The summed E-state index contributed by atoms with van der Waals surface area (Å²) in [4.78, 5) is 13.7. The van der Waals surface area contributed by atoms with Gasteiger partial charge in [0.05, 0.1) is 22.2 Å². The Labute approximate surface area is 219 Å². The third-order valence-corrected chi connectivity index (χ3v) is 9.54. The fourth-order valence-electron chi connectivity index (χ4n) is 5.39. The van der Waals surface area contributed by atoms with Gasteiger partial charge in [0.15, 0.2) is 21.3 Å². The molecule has 1 atom stereocenters. The quantitative estimate of drug-likeness (QED) is 0.370. The zero-order chi connectivity index (χ0) is 25.5. The molecule has 37 heavy (non-hydrogen) atoms. The molecule has 3 aromatic carbocycles. The Morgan fingerprint density at radius 3 is 2.51 bits per heavy atom. The molecule has 1 aliphatic carbocycles. The topological polar surface area (TPSA) is 78.9 Å². The Kier molecular flexibility index (Phi) is 6.29. The molecule has 6 nitrogen and oxygen atoms in total. The number of ketones is 1. The smallest absolute Gasteiger partial charge is 0.231 e. The van der Waals surface area contributed by atoms with Crippen molar-refractivity contribution in [3.8, 4) is 22.6 Å². The van der Waals surface area contributed by atoms with Crippen molar-refractivity contribution in [2.75, 3.05) is 19.2 Å². The van der Waals surface area contributed by atoms with E-state index in [0.717, 1.165) is 60.3 Å².